The molecular weight excluding hydrogens is 1560 g/mol. The van der Waals surface area contributed by atoms with E-state index in [1.165, 1.54) is 10.8 Å². The molecule has 5 heterocycles. The van der Waals surface area contributed by atoms with Gasteiger partial charge in [-0.15, -0.1) is 0 Å². The molecule has 0 saturated carbocycles. The molecular formula is C119H77N7O2. The fourth-order valence-electron chi connectivity index (χ4n) is 20.1. The van der Waals surface area contributed by atoms with Gasteiger partial charge in [0.15, 0.2) is 0 Å². The van der Waals surface area contributed by atoms with Crippen LogP contribution in [0.4, 0.5) is 68.2 Å². The number of furan rings is 2. The summed E-state index contributed by atoms with van der Waals surface area (Å²) < 4.78 is 19.9. The molecule has 0 radical (unpaired) electrons. The van der Waals surface area contributed by atoms with E-state index in [0.29, 0.717) is 0 Å². The lowest BCUT2D eigenvalue weighted by molar-refractivity contribution is 0.669. The van der Waals surface area contributed by atoms with Crippen LogP contribution in [0.5, 0.6) is 0 Å². The number of hydrogen-bond donors (Lipinski definition) is 0. The minimum absolute atomic E-state index is 0.755. The Hall–Kier alpha value is -17.3. The highest BCUT2D eigenvalue weighted by molar-refractivity contribution is 6.22. The van der Waals surface area contributed by atoms with E-state index in [9.17, 15) is 0 Å². The molecule has 0 aliphatic carbocycles. The van der Waals surface area contributed by atoms with Gasteiger partial charge in [0, 0.05) is 124 Å². The van der Waals surface area contributed by atoms with Crippen molar-refractivity contribution < 1.29 is 8.83 Å². The molecule has 9 heteroatoms. The molecule has 128 heavy (non-hydrogen) atoms. The van der Waals surface area contributed by atoms with Gasteiger partial charge in [-0.25, -0.2) is 0 Å². The third-order valence-corrected chi connectivity index (χ3v) is 25.6. The Morgan fingerprint density at radius 3 is 1.14 bits per heavy atom. The average Bonchev–Trinajstić information content (AvgIpc) is 1.51. The van der Waals surface area contributed by atoms with Gasteiger partial charge in [-0.05, 0) is 190 Å². The molecule has 0 saturated heterocycles. The van der Waals surface area contributed by atoms with E-state index in [1.807, 2.05) is 12.4 Å². The molecule has 25 aromatic rings. The van der Waals surface area contributed by atoms with Crippen LogP contribution in [-0.4, -0.2) is 14.1 Å². The fourth-order valence-corrected chi connectivity index (χ4v) is 20.1. The molecule has 0 fully saturated rings. The molecule has 0 unspecified atom stereocenters. The number of benzene rings is 20. The smallest absolute Gasteiger partial charge is 0.143 e. The number of fused-ring (bicyclic) bond motifs is 15. The molecule has 5 aromatic heterocycles. The van der Waals surface area contributed by atoms with Crippen LogP contribution in [0.2, 0.25) is 0 Å². The first kappa shape index (κ1) is 73.4. The van der Waals surface area contributed by atoms with Crippen LogP contribution < -0.4 is 19.6 Å². The summed E-state index contributed by atoms with van der Waals surface area (Å²) in [6.07, 6.45) is 3.97. The maximum Gasteiger partial charge on any atom is 0.143 e. The SMILES string of the molecule is c1ccc(N(c2ccccc2)c2cc(N(c3ccccc3)c3ccccc3)c3c(c2)oc2c(-c4ccc5c6ccccc6n(-c6ccc(-c7ccc8c(N(c9ccccc9)c9cc(N(c%10ccccc%10)c%10cccc%11ccccc%10%11)c%10c(c9)oc9c(-c%11ccc%12c%13ccccc%13n(-c%13ccccc%13)c%12c%11)cccc9%10)cccc8c7)c7ccncc67)c5c4)cccc23)cc1. The molecule has 0 N–H and O–H groups in total. The molecule has 20 aromatic carbocycles. The molecule has 9 nitrogen and oxygen atoms in total. The summed E-state index contributed by atoms with van der Waals surface area (Å²) in [5, 5.41) is 15.3. The molecule has 0 aliphatic heterocycles. The van der Waals surface area contributed by atoms with Gasteiger partial charge in [0.25, 0.3) is 0 Å². The highest BCUT2D eigenvalue weighted by Gasteiger charge is 2.30. The Labute approximate surface area is 737 Å². The predicted octanol–water partition coefficient (Wildman–Crippen LogP) is 33.4. The van der Waals surface area contributed by atoms with Crippen LogP contribution in [0, 0.1) is 0 Å². The number of nitrogens with zero attached hydrogens (tertiary/aromatic N) is 7. The van der Waals surface area contributed by atoms with E-state index in [4.69, 9.17) is 13.8 Å². The summed E-state index contributed by atoms with van der Waals surface area (Å²) in [7, 11) is 0. The quantitative estimate of drug-likeness (QED) is 0.0900. The first-order chi connectivity index (χ1) is 63.5. The van der Waals surface area contributed by atoms with E-state index < -0.39 is 0 Å². The van der Waals surface area contributed by atoms with Crippen molar-refractivity contribution in [1.82, 2.24) is 14.1 Å². The third-order valence-electron chi connectivity index (χ3n) is 25.6. The van der Waals surface area contributed by atoms with Crippen LogP contribution in [-0.2, 0) is 0 Å². The minimum Gasteiger partial charge on any atom is -0.455 e. The maximum atomic E-state index is 7.63. The molecule has 0 amide bonds. The first-order valence-corrected chi connectivity index (χ1v) is 43.5. The second-order valence-electron chi connectivity index (χ2n) is 32.9. The van der Waals surface area contributed by atoms with Gasteiger partial charge in [-0.2, -0.15) is 0 Å². The second kappa shape index (κ2) is 30.4. The highest BCUT2D eigenvalue weighted by atomic mass is 16.3. The molecule has 600 valence electrons. The summed E-state index contributed by atoms with van der Waals surface area (Å²) in [4.78, 5) is 14.5. The zero-order chi connectivity index (χ0) is 84.3. The van der Waals surface area contributed by atoms with Crippen LogP contribution in [0.15, 0.2) is 476 Å². The van der Waals surface area contributed by atoms with Crippen molar-refractivity contribution in [2.45, 2.75) is 0 Å². The van der Waals surface area contributed by atoms with E-state index in [0.717, 1.165) is 222 Å². The molecule has 0 aliphatic rings. The van der Waals surface area contributed by atoms with Crippen molar-refractivity contribution in [3.63, 3.8) is 0 Å². The summed E-state index contributed by atoms with van der Waals surface area (Å²) >= 11 is 0. The Morgan fingerprint density at radius 2 is 0.594 bits per heavy atom. The minimum atomic E-state index is 0.755. The maximum absolute atomic E-state index is 7.63. The average molecular weight is 1640 g/mol. The lowest BCUT2D eigenvalue weighted by Crippen LogP contribution is -2.14. The van der Waals surface area contributed by atoms with Crippen LogP contribution in [0.25, 0.3) is 165 Å². The standard InChI is InChI=1S/C119H77N7O2/c1-8-35-83(36-9-1)121(84-37-10-2-11-38-84)90-73-112(122(85-39-12-3-13-40-85)86-41-14-4-15-42-86)116-102-54-30-53-96(118(102)127-114(116)75-90)82-62-65-101-99-51-25-27-57-108(99)126(111(101)72-82)109-67-66-92(97-68-69-120-77-104(97)109)80-60-63-94-79(70-80)34-29-58-105(94)123(87-43-16-5-17-44-87)91-74-113(125(89-47-20-7-21-48-89)106-59-28-33-78-32-22-23-49-93(78)106)117-103-55-31-52-95(119(103)128-115(117)76-91)81-61-64-100-98-50-24-26-56-107(98)124(110(100)71-81)88-45-18-6-19-46-88/h1-77H. The van der Waals surface area contributed by atoms with Crippen molar-refractivity contribution >= 4 is 188 Å². The van der Waals surface area contributed by atoms with Crippen LogP contribution in [0.3, 0.4) is 0 Å². The normalized spacial score (nSPS) is 11.8. The van der Waals surface area contributed by atoms with E-state index in [1.54, 1.807) is 0 Å². The third kappa shape index (κ3) is 12.1. The van der Waals surface area contributed by atoms with Gasteiger partial charge in [0.1, 0.15) is 22.3 Å². The molecule has 0 bridgehead atoms. The fraction of sp³-hybridized carbons (Fsp3) is 0. The summed E-state index contributed by atoms with van der Waals surface area (Å²) in [6.45, 7) is 0. The summed E-state index contributed by atoms with van der Waals surface area (Å²) in [5.41, 5.74) is 28.0. The lowest BCUT2D eigenvalue weighted by Gasteiger charge is -2.31. The monoisotopic (exact) mass is 1640 g/mol. The first-order valence-electron chi connectivity index (χ1n) is 43.5. The van der Waals surface area contributed by atoms with E-state index in [-0.39, 0.29) is 0 Å². The predicted molar refractivity (Wildman–Crippen MR) is 535 cm³/mol. The Bertz CT molecular complexity index is 8560. The topological polar surface area (TPSA) is 62.0 Å². The van der Waals surface area contributed by atoms with Gasteiger partial charge >= 0.3 is 0 Å². The number of para-hydroxylation sites is 11. The lowest BCUT2D eigenvalue weighted by atomic mass is 9.95. The van der Waals surface area contributed by atoms with Gasteiger partial charge < -0.3 is 37.6 Å². The van der Waals surface area contributed by atoms with Crippen molar-refractivity contribution in [1.29, 1.82) is 0 Å². The highest BCUT2D eigenvalue weighted by Crippen LogP contribution is 2.54. The van der Waals surface area contributed by atoms with Crippen LogP contribution in [0.1, 0.15) is 0 Å². The van der Waals surface area contributed by atoms with Crippen LogP contribution >= 0.6 is 0 Å². The summed E-state index contributed by atoms with van der Waals surface area (Å²) in [5.74, 6) is 0. The second-order valence-corrected chi connectivity index (χ2v) is 32.9. The number of hydrogen-bond acceptors (Lipinski definition) is 7. The molecule has 25 rings (SSSR count). The van der Waals surface area contributed by atoms with Gasteiger partial charge in [0.05, 0.1) is 72.7 Å². The van der Waals surface area contributed by atoms with Crippen molar-refractivity contribution in [3.05, 3.63) is 467 Å². The van der Waals surface area contributed by atoms with Crippen molar-refractivity contribution in [3.8, 4) is 44.8 Å². The number of pyridine rings is 1. The zero-order valence-corrected chi connectivity index (χ0v) is 69.4. The Balaban J connectivity index is 0.636. The van der Waals surface area contributed by atoms with Gasteiger partial charge in [-0.3, -0.25) is 4.98 Å². The Kier molecular flexibility index (Phi) is 17.4. The zero-order valence-electron chi connectivity index (χ0n) is 69.4. The van der Waals surface area contributed by atoms with E-state index in [2.05, 4.69) is 484 Å². The molecule has 0 atom stereocenters. The Morgan fingerprint density at radius 1 is 0.211 bits per heavy atom. The molecule has 0 spiro atoms. The van der Waals surface area contributed by atoms with Gasteiger partial charge in [0.2, 0.25) is 0 Å². The van der Waals surface area contributed by atoms with Crippen molar-refractivity contribution in [2.75, 3.05) is 19.6 Å². The summed E-state index contributed by atoms with van der Waals surface area (Å²) in [6, 6.07) is 164. The van der Waals surface area contributed by atoms with E-state index >= 15 is 0 Å². The largest absolute Gasteiger partial charge is 0.455 e. The number of aromatic nitrogens is 3. The number of anilines is 12. The van der Waals surface area contributed by atoms with Gasteiger partial charge in [-0.1, -0.05) is 291 Å². The number of rotatable bonds is 17. The van der Waals surface area contributed by atoms with Crippen molar-refractivity contribution in [2.24, 2.45) is 0 Å².